The molecule has 1 N–H and O–H groups in total. The van der Waals surface area contributed by atoms with Crippen LogP contribution in [0.1, 0.15) is 49.4 Å². The second kappa shape index (κ2) is 6.34. The average Bonchev–Trinajstić information content (AvgIpc) is 3.09. The van der Waals surface area contributed by atoms with Crippen LogP contribution in [0.15, 0.2) is 11.2 Å². The van der Waals surface area contributed by atoms with Gasteiger partial charge in [-0.1, -0.05) is 13.3 Å². The second-order valence-electron chi connectivity index (χ2n) is 6.27. The van der Waals surface area contributed by atoms with Crippen molar-refractivity contribution in [3.05, 3.63) is 16.1 Å². The molecule has 21 heavy (non-hydrogen) atoms. The molecule has 4 nitrogen and oxygen atoms in total. The third kappa shape index (κ3) is 3.23. The van der Waals surface area contributed by atoms with Crippen LogP contribution in [0.4, 0.5) is 0 Å². The van der Waals surface area contributed by atoms with Gasteiger partial charge in [-0.05, 0) is 38.0 Å². The number of hydrogen-bond donors (Lipinski definition) is 1. The van der Waals surface area contributed by atoms with Crippen LogP contribution in [0.2, 0.25) is 0 Å². The Morgan fingerprint density at radius 3 is 2.86 bits per heavy atom. The Labute approximate surface area is 131 Å². The van der Waals surface area contributed by atoms with Gasteiger partial charge < -0.3 is 10.2 Å². The largest absolute Gasteiger partial charge is 0.357 e. The maximum absolute atomic E-state index is 4.82. The van der Waals surface area contributed by atoms with Crippen molar-refractivity contribution < 1.29 is 0 Å². The van der Waals surface area contributed by atoms with Gasteiger partial charge in [0.2, 0.25) is 0 Å². The molecule has 0 aromatic carbocycles. The highest BCUT2D eigenvalue weighted by atomic mass is 32.1. The predicted octanol–water partition coefficient (Wildman–Crippen LogP) is 3.05. The Hall–Kier alpha value is -1.10. The van der Waals surface area contributed by atoms with E-state index >= 15 is 0 Å². The third-order valence-corrected chi connectivity index (χ3v) is 5.93. The van der Waals surface area contributed by atoms with Crippen molar-refractivity contribution in [2.75, 3.05) is 19.6 Å². The summed E-state index contributed by atoms with van der Waals surface area (Å²) in [7, 11) is 0. The molecule has 1 spiro atoms. The Bertz CT molecular complexity index is 504. The van der Waals surface area contributed by atoms with E-state index in [1.165, 1.54) is 37.1 Å². The number of aliphatic imine (C=N–C) groups is 1. The highest BCUT2D eigenvalue weighted by Gasteiger charge is 2.43. The molecular weight excluding hydrogens is 280 g/mol. The van der Waals surface area contributed by atoms with Gasteiger partial charge in [0.1, 0.15) is 5.01 Å². The summed E-state index contributed by atoms with van der Waals surface area (Å²) in [5, 5.41) is 4.58. The first-order chi connectivity index (χ1) is 10.2. The molecule has 2 fully saturated rings. The van der Waals surface area contributed by atoms with Gasteiger partial charge in [-0.25, -0.2) is 9.98 Å². The Kier molecular flexibility index (Phi) is 4.48. The van der Waals surface area contributed by atoms with E-state index in [-0.39, 0.29) is 0 Å². The number of hydrogen-bond acceptors (Lipinski definition) is 3. The van der Waals surface area contributed by atoms with Crippen LogP contribution >= 0.6 is 11.3 Å². The van der Waals surface area contributed by atoms with Crippen molar-refractivity contribution in [1.82, 2.24) is 15.2 Å². The summed E-state index contributed by atoms with van der Waals surface area (Å²) >= 11 is 1.79. The number of aromatic nitrogens is 1. The SMILES string of the molecule is CCNC(=NCc1ncc(CC)s1)N1CCC2(CCC2)C1. The number of aryl methyl sites for hydroxylation is 1. The Morgan fingerprint density at radius 1 is 1.43 bits per heavy atom. The molecule has 116 valence electrons. The standard InChI is InChI=1S/C16H26N4S/c1-3-13-10-18-14(21-13)11-19-15(17-4-2)20-9-8-16(12-20)6-5-7-16/h10H,3-9,11-12H2,1-2H3,(H,17,19). The average molecular weight is 306 g/mol. The van der Waals surface area contributed by atoms with E-state index in [9.17, 15) is 0 Å². The molecule has 5 heteroatoms. The van der Waals surface area contributed by atoms with E-state index < -0.39 is 0 Å². The maximum atomic E-state index is 4.82. The number of likely N-dealkylation sites (tertiary alicyclic amines) is 1. The van der Waals surface area contributed by atoms with Crippen molar-refractivity contribution in [1.29, 1.82) is 0 Å². The number of rotatable bonds is 4. The molecule has 1 aliphatic carbocycles. The summed E-state index contributed by atoms with van der Waals surface area (Å²) in [4.78, 5) is 13.1. The summed E-state index contributed by atoms with van der Waals surface area (Å²) in [6, 6.07) is 0. The second-order valence-corrected chi connectivity index (χ2v) is 7.47. The zero-order chi connectivity index (χ0) is 14.7. The molecule has 2 heterocycles. The first kappa shape index (κ1) is 14.8. The molecule has 0 atom stereocenters. The van der Waals surface area contributed by atoms with Gasteiger partial charge in [0.25, 0.3) is 0 Å². The van der Waals surface area contributed by atoms with Crippen LogP contribution in [-0.4, -0.2) is 35.5 Å². The van der Waals surface area contributed by atoms with Crippen LogP contribution in [0.3, 0.4) is 0 Å². The highest BCUT2D eigenvalue weighted by molar-refractivity contribution is 7.11. The Morgan fingerprint density at radius 2 is 2.29 bits per heavy atom. The molecule has 0 amide bonds. The fourth-order valence-corrected chi connectivity index (χ4v) is 4.14. The van der Waals surface area contributed by atoms with Crippen molar-refractivity contribution in [2.45, 2.75) is 52.5 Å². The summed E-state index contributed by atoms with van der Waals surface area (Å²) in [5.74, 6) is 1.08. The highest BCUT2D eigenvalue weighted by Crippen LogP contribution is 2.47. The van der Waals surface area contributed by atoms with Crippen LogP contribution in [0.25, 0.3) is 0 Å². The normalized spacial score (nSPS) is 20.9. The molecule has 3 rings (SSSR count). The number of nitrogens with one attached hydrogen (secondary N) is 1. The van der Waals surface area contributed by atoms with Crippen LogP contribution in [0, 0.1) is 5.41 Å². The fourth-order valence-electron chi connectivity index (χ4n) is 3.35. The van der Waals surface area contributed by atoms with E-state index in [1.807, 2.05) is 6.20 Å². The van der Waals surface area contributed by atoms with Gasteiger partial charge in [0.05, 0.1) is 6.54 Å². The smallest absolute Gasteiger partial charge is 0.194 e. The summed E-state index contributed by atoms with van der Waals surface area (Å²) in [5.41, 5.74) is 0.618. The molecule has 2 aliphatic rings. The van der Waals surface area contributed by atoms with Crippen molar-refractivity contribution >= 4 is 17.3 Å². The summed E-state index contributed by atoms with van der Waals surface area (Å²) in [6.45, 7) is 8.30. The summed E-state index contributed by atoms with van der Waals surface area (Å²) < 4.78 is 0. The van der Waals surface area contributed by atoms with Gasteiger partial charge in [0, 0.05) is 30.7 Å². The number of guanidine groups is 1. The molecule has 1 aliphatic heterocycles. The predicted molar refractivity (Wildman–Crippen MR) is 88.8 cm³/mol. The topological polar surface area (TPSA) is 40.5 Å². The molecule has 1 saturated carbocycles. The van der Waals surface area contributed by atoms with Crippen LogP contribution in [-0.2, 0) is 13.0 Å². The van der Waals surface area contributed by atoms with Gasteiger partial charge in [0.15, 0.2) is 5.96 Å². The summed E-state index contributed by atoms with van der Waals surface area (Å²) in [6.07, 6.45) is 8.64. The quantitative estimate of drug-likeness (QED) is 0.686. The minimum atomic E-state index is 0.618. The van der Waals surface area contributed by atoms with Crippen LogP contribution in [0.5, 0.6) is 0 Å². The van der Waals surface area contributed by atoms with Gasteiger partial charge in [-0.3, -0.25) is 0 Å². The molecule has 0 unspecified atom stereocenters. The first-order valence-electron chi connectivity index (χ1n) is 8.21. The third-order valence-electron chi connectivity index (χ3n) is 4.80. The minimum Gasteiger partial charge on any atom is -0.357 e. The molecule has 1 saturated heterocycles. The monoisotopic (exact) mass is 306 g/mol. The van der Waals surface area contributed by atoms with Gasteiger partial charge in [-0.2, -0.15) is 0 Å². The van der Waals surface area contributed by atoms with E-state index in [2.05, 4.69) is 29.0 Å². The molecular formula is C16H26N4S. The fraction of sp³-hybridized carbons (Fsp3) is 0.750. The van der Waals surface area contributed by atoms with E-state index in [0.717, 1.165) is 30.5 Å². The zero-order valence-electron chi connectivity index (χ0n) is 13.2. The van der Waals surface area contributed by atoms with Crippen molar-refractivity contribution in [3.63, 3.8) is 0 Å². The number of thiazole rings is 1. The lowest BCUT2D eigenvalue weighted by molar-refractivity contribution is 0.151. The minimum absolute atomic E-state index is 0.618. The lowest BCUT2D eigenvalue weighted by atomic mass is 9.68. The number of nitrogens with zero attached hydrogens (tertiary/aromatic N) is 3. The van der Waals surface area contributed by atoms with Gasteiger partial charge in [-0.15, -0.1) is 11.3 Å². The van der Waals surface area contributed by atoms with E-state index in [1.54, 1.807) is 11.3 Å². The van der Waals surface area contributed by atoms with Crippen molar-refractivity contribution in [2.24, 2.45) is 10.4 Å². The Balaban J connectivity index is 1.64. The lowest BCUT2D eigenvalue weighted by Crippen LogP contribution is -2.42. The molecule has 1 aromatic heterocycles. The zero-order valence-corrected chi connectivity index (χ0v) is 14.0. The first-order valence-corrected chi connectivity index (χ1v) is 9.03. The molecule has 0 radical (unpaired) electrons. The van der Waals surface area contributed by atoms with Gasteiger partial charge >= 0.3 is 0 Å². The lowest BCUT2D eigenvalue weighted by Gasteiger charge is -2.38. The van der Waals surface area contributed by atoms with E-state index in [4.69, 9.17) is 4.99 Å². The molecule has 1 aromatic rings. The van der Waals surface area contributed by atoms with Crippen molar-refractivity contribution in [3.8, 4) is 0 Å². The van der Waals surface area contributed by atoms with E-state index in [0.29, 0.717) is 12.0 Å². The van der Waals surface area contributed by atoms with Crippen LogP contribution < -0.4 is 5.32 Å². The molecule has 0 bridgehead atoms. The maximum Gasteiger partial charge on any atom is 0.194 e.